The fourth-order valence-corrected chi connectivity index (χ4v) is 2.39. The van der Waals surface area contributed by atoms with Crippen LogP contribution in [0.5, 0.6) is 0 Å². The molecule has 0 atom stereocenters. The summed E-state index contributed by atoms with van der Waals surface area (Å²) < 4.78 is 0. The smallest absolute Gasteiger partial charge is 0.169 e. The van der Waals surface area contributed by atoms with Gasteiger partial charge in [-0.1, -0.05) is 29.3 Å². The third kappa shape index (κ3) is 3.34. The second kappa shape index (κ2) is 5.72. The highest BCUT2D eigenvalue weighted by Crippen LogP contribution is 2.22. The van der Waals surface area contributed by atoms with Gasteiger partial charge in [0.2, 0.25) is 0 Å². The lowest BCUT2D eigenvalue weighted by molar-refractivity contribution is 0.0992. The topological polar surface area (TPSA) is 30.0 Å². The van der Waals surface area contributed by atoms with E-state index in [9.17, 15) is 4.79 Å². The van der Waals surface area contributed by atoms with Gasteiger partial charge in [0, 0.05) is 33.4 Å². The van der Waals surface area contributed by atoms with Gasteiger partial charge in [-0.2, -0.15) is 0 Å². The van der Waals surface area contributed by atoms with Gasteiger partial charge in [0.25, 0.3) is 0 Å². The van der Waals surface area contributed by atoms with E-state index in [1.54, 1.807) is 18.2 Å². The first-order valence-corrected chi connectivity index (χ1v) is 6.64. The Bertz CT molecular complexity index is 638. The van der Waals surface area contributed by atoms with E-state index in [0.29, 0.717) is 15.6 Å². The number of pyridine rings is 1. The van der Waals surface area contributed by atoms with Gasteiger partial charge in [-0.15, -0.1) is 0 Å². The summed E-state index contributed by atoms with van der Waals surface area (Å²) in [5, 5.41) is 1.08. The number of aromatic nitrogens is 1. The lowest BCUT2D eigenvalue weighted by Crippen LogP contribution is -2.07. The van der Waals surface area contributed by atoms with Crippen molar-refractivity contribution < 1.29 is 4.79 Å². The molecule has 0 fully saturated rings. The first-order chi connectivity index (χ1) is 8.97. The normalized spacial score (nSPS) is 10.5. The Hall–Kier alpha value is -1.38. The molecule has 0 amide bonds. The summed E-state index contributed by atoms with van der Waals surface area (Å²) in [6.45, 7) is 3.74. The average Bonchev–Trinajstić information content (AvgIpc) is 2.32. The SMILES string of the molecule is Cc1ccc(C(=O)Cc2ccc(Cl)cc2Cl)c(C)n1. The monoisotopic (exact) mass is 293 g/mol. The van der Waals surface area contributed by atoms with Crippen molar-refractivity contribution in [2.45, 2.75) is 20.3 Å². The second-order valence-corrected chi connectivity index (χ2v) is 5.26. The third-order valence-electron chi connectivity index (χ3n) is 2.89. The molecule has 1 aromatic heterocycles. The maximum atomic E-state index is 12.3. The van der Waals surface area contributed by atoms with Crippen LogP contribution in [0.1, 0.15) is 27.3 Å². The third-order valence-corrected chi connectivity index (χ3v) is 3.48. The molecule has 19 heavy (non-hydrogen) atoms. The van der Waals surface area contributed by atoms with Crippen molar-refractivity contribution in [1.82, 2.24) is 4.98 Å². The summed E-state index contributed by atoms with van der Waals surface area (Å²) in [4.78, 5) is 16.5. The van der Waals surface area contributed by atoms with Gasteiger partial charge < -0.3 is 0 Å². The van der Waals surface area contributed by atoms with Gasteiger partial charge in [-0.3, -0.25) is 9.78 Å². The maximum Gasteiger partial charge on any atom is 0.169 e. The van der Waals surface area contributed by atoms with Crippen LogP contribution in [0, 0.1) is 13.8 Å². The molecule has 2 rings (SSSR count). The van der Waals surface area contributed by atoms with Crippen molar-refractivity contribution in [3.05, 3.63) is 62.9 Å². The van der Waals surface area contributed by atoms with Crippen LogP contribution in [-0.4, -0.2) is 10.8 Å². The molecule has 0 N–H and O–H groups in total. The lowest BCUT2D eigenvalue weighted by Gasteiger charge is -2.07. The van der Waals surface area contributed by atoms with E-state index in [2.05, 4.69) is 4.98 Å². The molecule has 1 heterocycles. The molecule has 0 aliphatic rings. The van der Waals surface area contributed by atoms with Crippen LogP contribution in [-0.2, 0) is 6.42 Å². The highest BCUT2D eigenvalue weighted by Gasteiger charge is 2.13. The zero-order chi connectivity index (χ0) is 14.0. The molecule has 0 bridgehead atoms. The van der Waals surface area contributed by atoms with Gasteiger partial charge >= 0.3 is 0 Å². The molecule has 4 heteroatoms. The van der Waals surface area contributed by atoms with Crippen LogP contribution in [0.3, 0.4) is 0 Å². The van der Waals surface area contributed by atoms with Crippen LogP contribution in [0.4, 0.5) is 0 Å². The van der Waals surface area contributed by atoms with E-state index < -0.39 is 0 Å². The number of hydrogen-bond acceptors (Lipinski definition) is 2. The predicted molar refractivity (Wildman–Crippen MR) is 78.2 cm³/mol. The minimum Gasteiger partial charge on any atom is -0.294 e. The molecule has 0 saturated heterocycles. The molecule has 1 aromatic carbocycles. The van der Waals surface area contributed by atoms with Crippen LogP contribution in [0.2, 0.25) is 10.0 Å². The second-order valence-electron chi connectivity index (χ2n) is 4.42. The van der Waals surface area contributed by atoms with Crippen molar-refractivity contribution in [3.8, 4) is 0 Å². The number of hydrogen-bond donors (Lipinski definition) is 0. The molecule has 0 spiro atoms. The molecule has 98 valence electrons. The molecule has 0 unspecified atom stereocenters. The summed E-state index contributed by atoms with van der Waals surface area (Å²) in [5.74, 6) is 0.00854. The van der Waals surface area contributed by atoms with Crippen molar-refractivity contribution in [2.75, 3.05) is 0 Å². The predicted octanol–water partition coefficient (Wildman–Crippen LogP) is 4.43. The Labute approximate surface area is 122 Å². The molecule has 0 radical (unpaired) electrons. The van der Waals surface area contributed by atoms with E-state index >= 15 is 0 Å². The van der Waals surface area contributed by atoms with Gasteiger partial charge in [-0.25, -0.2) is 0 Å². The fraction of sp³-hybridized carbons (Fsp3) is 0.200. The largest absolute Gasteiger partial charge is 0.294 e. The summed E-state index contributed by atoms with van der Waals surface area (Å²) in [6.07, 6.45) is 0.252. The molecule has 0 aliphatic carbocycles. The highest BCUT2D eigenvalue weighted by atomic mass is 35.5. The molecule has 2 aromatic rings. The summed E-state index contributed by atoms with van der Waals surface area (Å²) in [5.41, 5.74) is 3.06. The van der Waals surface area contributed by atoms with Crippen LogP contribution < -0.4 is 0 Å². The molecule has 0 saturated carbocycles. The number of nitrogens with zero attached hydrogens (tertiary/aromatic N) is 1. The zero-order valence-electron chi connectivity index (χ0n) is 10.7. The van der Waals surface area contributed by atoms with Crippen molar-refractivity contribution in [3.63, 3.8) is 0 Å². The number of halogens is 2. The zero-order valence-corrected chi connectivity index (χ0v) is 12.2. The Kier molecular flexibility index (Phi) is 4.23. The van der Waals surface area contributed by atoms with Crippen LogP contribution in [0.25, 0.3) is 0 Å². The van der Waals surface area contributed by atoms with Crippen molar-refractivity contribution in [1.29, 1.82) is 0 Å². The van der Waals surface area contributed by atoms with Gasteiger partial charge in [0.1, 0.15) is 0 Å². The average molecular weight is 294 g/mol. The van der Waals surface area contributed by atoms with Gasteiger partial charge in [0.05, 0.1) is 0 Å². The van der Waals surface area contributed by atoms with Gasteiger partial charge in [0.15, 0.2) is 5.78 Å². The number of ketones is 1. The number of Topliss-reactive ketones (excluding diaryl/α,β-unsaturated/α-hetero) is 1. The van der Waals surface area contributed by atoms with E-state index in [-0.39, 0.29) is 12.2 Å². The van der Waals surface area contributed by atoms with E-state index in [0.717, 1.165) is 17.0 Å². The van der Waals surface area contributed by atoms with E-state index in [1.165, 1.54) is 0 Å². The number of aryl methyl sites for hydroxylation is 2. The maximum absolute atomic E-state index is 12.3. The van der Waals surface area contributed by atoms with Crippen molar-refractivity contribution in [2.24, 2.45) is 0 Å². The first-order valence-electron chi connectivity index (χ1n) is 5.89. The molecular formula is C15H13Cl2NO. The van der Waals surface area contributed by atoms with E-state index in [4.69, 9.17) is 23.2 Å². The molecule has 2 nitrogen and oxygen atoms in total. The fourth-order valence-electron chi connectivity index (χ4n) is 1.91. The quantitative estimate of drug-likeness (QED) is 0.784. The Morgan fingerprint density at radius 2 is 1.89 bits per heavy atom. The highest BCUT2D eigenvalue weighted by molar-refractivity contribution is 6.35. The van der Waals surface area contributed by atoms with Crippen LogP contribution >= 0.6 is 23.2 Å². The minimum atomic E-state index is 0.00854. The number of carbonyl (C=O) groups is 1. The molecular weight excluding hydrogens is 281 g/mol. The van der Waals surface area contributed by atoms with Crippen molar-refractivity contribution >= 4 is 29.0 Å². The number of carbonyl (C=O) groups excluding carboxylic acids is 1. The van der Waals surface area contributed by atoms with Gasteiger partial charge in [-0.05, 0) is 43.7 Å². The number of benzene rings is 1. The minimum absolute atomic E-state index is 0.00854. The Balaban J connectivity index is 2.25. The first kappa shape index (κ1) is 14.0. The van der Waals surface area contributed by atoms with E-state index in [1.807, 2.05) is 26.0 Å². The summed E-state index contributed by atoms with van der Waals surface area (Å²) >= 11 is 11.9. The standard InChI is InChI=1S/C15H13Cl2NO/c1-9-3-6-13(10(2)18-9)15(19)7-11-4-5-12(16)8-14(11)17/h3-6,8H,7H2,1-2H3. The Morgan fingerprint density at radius 1 is 1.16 bits per heavy atom. The lowest BCUT2D eigenvalue weighted by atomic mass is 10.0. The van der Waals surface area contributed by atoms with Crippen LogP contribution in [0.15, 0.2) is 30.3 Å². The summed E-state index contributed by atoms with van der Waals surface area (Å²) in [6, 6.07) is 8.80. The molecule has 0 aliphatic heterocycles. The summed E-state index contributed by atoms with van der Waals surface area (Å²) in [7, 11) is 0. The Morgan fingerprint density at radius 3 is 2.53 bits per heavy atom. The number of rotatable bonds is 3.